The average molecular weight is 277 g/mol. The second-order valence-electron chi connectivity index (χ2n) is 5.75. The number of benzene rings is 2. The molecule has 1 aliphatic carbocycles. The summed E-state index contributed by atoms with van der Waals surface area (Å²) in [4.78, 5) is 4.73. The van der Waals surface area contributed by atoms with Crippen LogP contribution in [0.15, 0.2) is 48.5 Å². The van der Waals surface area contributed by atoms with Crippen LogP contribution in [0.1, 0.15) is 29.4 Å². The van der Waals surface area contributed by atoms with Gasteiger partial charge in [-0.25, -0.2) is 4.98 Å². The van der Waals surface area contributed by atoms with E-state index < -0.39 is 0 Å². The van der Waals surface area contributed by atoms with Crippen molar-refractivity contribution in [2.24, 2.45) is 7.05 Å². The summed E-state index contributed by atoms with van der Waals surface area (Å²) in [6.45, 7) is 0.810. The molecule has 0 saturated heterocycles. The molecule has 106 valence electrons. The second kappa shape index (κ2) is 5.01. The fourth-order valence-corrected chi connectivity index (χ4v) is 3.34. The van der Waals surface area contributed by atoms with Crippen LogP contribution >= 0.6 is 0 Å². The number of imidazole rings is 1. The number of nitrogens with zero attached hydrogens (tertiary/aromatic N) is 2. The number of para-hydroxylation sites is 2. The van der Waals surface area contributed by atoms with Gasteiger partial charge in [-0.2, -0.15) is 0 Å². The third kappa shape index (κ3) is 2.14. The molecule has 1 aromatic heterocycles. The Kier molecular flexibility index (Phi) is 3.00. The molecule has 1 unspecified atom stereocenters. The Labute approximate surface area is 124 Å². The molecule has 4 rings (SSSR count). The first-order chi connectivity index (χ1) is 10.3. The number of hydrogen-bond donors (Lipinski definition) is 1. The lowest BCUT2D eigenvalue weighted by Crippen LogP contribution is -2.20. The maximum absolute atomic E-state index is 4.73. The molecule has 1 N–H and O–H groups in total. The lowest BCUT2D eigenvalue weighted by molar-refractivity contribution is 0.513. The van der Waals surface area contributed by atoms with Crippen molar-refractivity contribution >= 4 is 11.0 Å². The highest BCUT2D eigenvalue weighted by molar-refractivity contribution is 5.75. The standard InChI is InChI=1S/C18H19N3/c1-21-17-9-5-4-8-16(17)20-18(21)12-19-15-11-10-13-6-2-3-7-14(13)15/h2-9,15,19H,10-12H2,1H3. The van der Waals surface area contributed by atoms with E-state index in [4.69, 9.17) is 4.98 Å². The minimum absolute atomic E-state index is 0.459. The molecule has 1 heterocycles. The van der Waals surface area contributed by atoms with Crippen molar-refractivity contribution in [1.29, 1.82) is 0 Å². The number of hydrogen-bond acceptors (Lipinski definition) is 2. The summed E-state index contributed by atoms with van der Waals surface area (Å²) in [7, 11) is 2.09. The molecule has 3 heteroatoms. The van der Waals surface area contributed by atoms with E-state index >= 15 is 0 Å². The first-order valence-electron chi connectivity index (χ1n) is 7.54. The Morgan fingerprint density at radius 1 is 1.14 bits per heavy atom. The largest absolute Gasteiger partial charge is 0.330 e. The summed E-state index contributed by atoms with van der Waals surface area (Å²) in [5.74, 6) is 1.10. The van der Waals surface area contributed by atoms with Gasteiger partial charge < -0.3 is 9.88 Å². The van der Waals surface area contributed by atoms with E-state index in [0.29, 0.717) is 6.04 Å². The molecule has 0 fully saturated rings. The van der Waals surface area contributed by atoms with E-state index in [2.05, 4.69) is 59.4 Å². The first kappa shape index (κ1) is 12.6. The highest BCUT2D eigenvalue weighted by atomic mass is 15.1. The van der Waals surface area contributed by atoms with E-state index in [1.54, 1.807) is 0 Å². The molecular formula is C18H19N3. The van der Waals surface area contributed by atoms with E-state index in [9.17, 15) is 0 Å². The van der Waals surface area contributed by atoms with Gasteiger partial charge in [0.25, 0.3) is 0 Å². The molecular weight excluding hydrogens is 258 g/mol. The molecule has 21 heavy (non-hydrogen) atoms. The van der Waals surface area contributed by atoms with Crippen LogP contribution in [0.25, 0.3) is 11.0 Å². The normalized spacial score (nSPS) is 17.3. The number of aryl methyl sites for hydroxylation is 2. The highest BCUT2D eigenvalue weighted by Crippen LogP contribution is 2.30. The fraction of sp³-hybridized carbons (Fsp3) is 0.278. The minimum atomic E-state index is 0.459. The average Bonchev–Trinajstić information content (AvgIpc) is 3.07. The van der Waals surface area contributed by atoms with Gasteiger partial charge in [0.15, 0.2) is 0 Å². The van der Waals surface area contributed by atoms with Crippen molar-refractivity contribution < 1.29 is 0 Å². The van der Waals surface area contributed by atoms with Crippen molar-refractivity contribution in [1.82, 2.24) is 14.9 Å². The van der Waals surface area contributed by atoms with Gasteiger partial charge in [-0.3, -0.25) is 0 Å². The predicted octanol–water partition coefficient (Wildman–Crippen LogP) is 3.35. The maximum Gasteiger partial charge on any atom is 0.123 e. The molecule has 1 atom stereocenters. The fourth-order valence-electron chi connectivity index (χ4n) is 3.34. The summed E-state index contributed by atoms with van der Waals surface area (Å²) in [5.41, 5.74) is 5.21. The summed E-state index contributed by atoms with van der Waals surface area (Å²) in [6.07, 6.45) is 2.36. The third-order valence-corrected chi connectivity index (χ3v) is 4.52. The number of rotatable bonds is 3. The smallest absolute Gasteiger partial charge is 0.123 e. The van der Waals surface area contributed by atoms with Gasteiger partial charge in [0.05, 0.1) is 17.6 Å². The van der Waals surface area contributed by atoms with Crippen LogP contribution in [0, 0.1) is 0 Å². The molecule has 0 bridgehead atoms. The summed E-state index contributed by atoms with van der Waals surface area (Å²) in [5, 5.41) is 3.67. The SMILES string of the molecule is Cn1c(CNC2CCc3ccccc32)nc2ccccc21. The molecule has 0 amide bonds. The van der Waals surface area contributed by atoms with E-state index in [1.807, 2.05) is 6.07 Å². The van der Waals surface area contributed by atoms with Gasteiger partial charge >= 0.3 is 0 Å². The highest BCUT2D eigenvalue weighted by Gasteiger charge is 2.21. The van der Waals surface area contributed by atoms with E-state index in [0.717, 1.165) is 17.9 Å². The summed E-state index contributed by atoms with van der Waals surface area (Å²) in [6, 6.07) is 17.5. The lowest BCUT2D eigenvalue weighted by Gasteiger charge is -2.13. The molecule has 3 nitrogen and oxygen atoms in total. The molecule has 0 saturated carbocycles. The van der Waals surface area contributed by atoms with Crippen LogP contribution in [-0.4, -0.2) is 9.55 Å². The third-order valence-electron chi connectivity index (χ3n) is 4.52. The zero-order valence-electron chi connectivity index (χ0n) is 12.2. The predicted molar refractivity (Wildman–Crippen MR) is 85.1 cm³/mol. The Hall–Kier alpha value is -2.13. The van der Waals surface area contributed by atoms with E-state index in [-0.39, 0.29) is 0 Å². The summed E-state index contributed by atoms with van der Waals surface area (Å²) < 4.78 is 2.18. The van der Waals surface area contributed by atoms with Crippen molar-refractivity contribution in [3.05, 3.63) is 65.5 Å². The Balaban J connectivity index is 1.56. The molecule has 3 aromatic rings. The van der Waals surface area contributed by atoms with Crippen LogP contribution in [0.4, 0.5) is 0 Å². The van der Waals surface area contributed by atoms with E-state index in [1.165, 1.54) is 29.5 Å². The molecule has 0 aliphatic heterocycles. The molecule has 0 radical (unpaired) electrons. The van der Waals surface area contributed by atoms with Crippen LogP contribution in [0.5, 0.6) is 0 Å². The van der Waals surface area contributed by atoms with Crippen LogP contribution in [-0.2, 0) is 20.0 Å². The Bertz CT molecular complexity index is 788. The quantitative estimate of drug-likeness (QED) is 0.795. The monoisotopic (exact) mass is 277 g/mol. The number of aromatic nitrogens is 2. The van der Waals surface area contributed by atoms with Crippen LogP contribution in [0.2, 0.25) is 0 Å². The van der Waals surface area contributed by atoms with Gasteiger partial charge in [0, 0.05) is 13.1 Å². The van der Waals surface area contributed by atoms with Crippen molar-refractivity contribution in [2.45, 2.75) is 25.4 Å². The van der Waals surface area contributed by atoms with Crippen molar-refractivity contribution in [3.8, 4) is 0 Å². The second-order valence-corrected chi connectivity index (χ2v) is 5.75. The maximum atomic E-state index is 4.73. The van der Waals surface area contributed by atoms with Gasteiger partial charge in [0.1, 0.15) is 5.82 Å². The first-order valence-corrected chi connectivity index (χ1v) is 7.54. The van der Waals surface area contributed by atoms with Crippen LogP contribution < -0.4 is 5.32 Å². The molecule has 2 aromatic carbocycles. The van der Waals surface area contributed by atoms with Crippen molar-refractivity contribution in [3.63, 3.8) is 0 Å². The Morgan fingerprint density at radius 2 is 1.95 bits per heavy atom. The van der Waals surface area contributed by atoms with Crippen LogP contribution in [0.3, 0.4) is 0 Å². The topological polar surface area (TPSA) is 29.9 Å². The zero-order chi connectivity index (χ0) is 14.2. The Morgan fingerprint density at radius 3 is 2.86 bits per heavy atom. The molecule has 0 spiro atoms. The van der Waals surface area contributed by atoms with Gasteiger partial charge in [-0.05, 0) is 36.1 Å². The minimum Gasteiger partial charge on any atom is -0.330 e. The van der Waals surface area contributed by atoms with Gasteiger partial charge in [-0.1, -0.05) is 36.4 Å². The molecule has 1 aliphatic rings. The number of fused-ring (bicyclic) bond motifs is 2. The number of nitrogens with one attached hydrogen (secondary N) is 1. The summed E-state index contributed by atoms with van der Waals surface area (Å²) >= 11 is 0. The zero-order valence-corrected chi connectivity index (χ0v) is 12.2. The lowest BCUT2D eigenvalue weighted by atomic mass is 10.1. The van der Waals surface area contributed by atoms with Crippen molar-refractivity contribution in [2.75, 3.05) is 0 Å². The van der Waals surface area contributed by atoms with Gasteiger partial charge in [0.2, 0.25) is 0 Å². The van der Waals surface area contributed by atoms with Gasteiger partial charge in [-0.15, -0.1) is 0 Å².